The number of para-hydroxylation sites is 3. The molecular formula is C84H106Cl3N18O9P3S. The molecule has 6 aliphatic rings. The van der Waals surface area contributed by atoms with Gasteiger partial charge in [0.1, 0.15) is 53.7 Å². The van der Waals surface area contributed by atoms with E-state index in [1.807, 2.05) is 85.9 Å². The van der Waals surface area contributed by atoms with Crippen molar-refractivity contribution in [1.82, 2.24) is 49.5 Å². The lowest BCUT2D eigenvalue weighted by Gasteiger charge is -2.45. The van der Waals surface area contributed by atoms with E-state index < -0.39 is 36.5 Å². The summed E-state index contributed by atoms with van der Waals surface area (Å²) in [7, 11) is -4.12. The van der Waals surface area contributed by atoms with Crippen molar-refractivity contribution in [2.75, 3.05) is 188 Å². The van der Waals surface area contributed by atoms with Gasteiger partial charge in [0.2, 0.25) is 23.8 Å². The van der Waals surface area contributed by atoms with Gasteiger partial charge in [-0.1, -0.05) is 77.6 Å². The number of hydrogen-bond acceptors (Lipinski definition) is 26. The highest BCUT2D eigenvalue weighted by molar-refractivity contribution is 7.92. The zero-order valence-corrected chi connectivity index (χ0v) is 74.2. The minimum atomic E-state index is -3.54. The number of hydrogen-bond donors (Lipinski definition) is 6. The summed E-state index contributed by atoms with van der Waals surface area (Å²) in [5.74, 6) is 4.68. The van der Waals surface area contributed by atoms with E-state index in [4.69, 9.17) is 49.0 Å². The molecule has 1 aliphatic carbocycles. The number of carbonyl (C=O) groups is 1. The highest BCUT2D eigenvalue weighted by atomic mass is 35.5. The second-order valence-electron chi connectivity index (χ2n) is 31.5. The Bertz CT molecular complexity index is 5330. The molecular weight excluding hydrogens is 1640 g/mol. The van der Waals surface area contributed by atoms with Gasteiger partial charge < -0.3 is 79.4 Å². The quantitative estimate of drug-likeness (QED) is 0.0306. The molecule has 15 rings (SSSR count). The number of carbonyl (C=O) groups excluding carboxylic acids is 1. The number of amides is 1. The van der Waals surface area contributed by atoms with Crippen LogP contribution >= 0.6 is 56.2 Å². The fraction of sp³-hybridized carbons (Fsp3) is 0.417. The molecule has 1 unspecified atom stereocenters. The van der Waals surface area contributed by atoms with Gasteiger partial charge in [-0.2, -0.15) is 15.0 Å². The number of nitrogens with one attached hydrogen (secondary N) is 6. The molecule has 6 fully saturated rings. The number of aromatic nitrogens is 6. The fourth-order valence-corrected chi connectivity index (χ4v) is 22.1. The predicted octanol–water partition coefficient (Wildman–Crippen LogP) is 15.7. The number of anilines is 14. The van der Waals surface area contributed by atoms with Gasteiger partial charge in [-0.15, -0.1) is 0 Å². The normalized spacial score (nSPS) is 17.5. The first-order chi connectivity index (χ1) is 56.5. The van der Waals surface area contributed by atoms with Crippen molar-refractivity contribution >= 4 is 169 Å². The van der Waals surface area contributed by atoms with E-state index in [1.165, 1.54) is 38.2 Å². The van der Waals surface area contributed by atoms with Crippen LogP contribution in [0.2, 0.25) is 15.1 Å². The summed E-state index contributed by atoms with van der Waals surface area (Å²) in [6.07, 6.45) is 14.1. The van der Waals surface area contributed by atoms with E-state index in [0.717, 1.165) is 142 Å². The average molecular weight is 1740 g/mol. The lowest BCUT2D eigenvalue weighted by atomic mass is 9.99. The summed E-state index contributed by atoms with van der Waals surface area (Å²) in [5, 5.41) is 21.8. The number of sulfone groups is 1. The third kappa shape index (κ3) is 21.5. The summed E-state index contributed by atoms with van der Waals surface area (Å²) in [5.41, 5.74) is 6.16. The average Bonchev–Trinajstić information content (AvgIpc) is 0.815. The van der Waals surface area contributed by atoms with Crippen LogP contribution in [0.1, 0.15) is 58.8 Å². The third-order valence-corrected chi connectivity index (χ3v) is 31.5. The van der Waals surface area contributed by atoms with Crippen molar-refractivity contribution in [2.24, 2.45) is 5.92 Å². The van der Waals surface area contributed by atoms with Gasteiger partial charge >= 0.3 is 0 Å². The van der Waals surface area contributed by atoms with Crippen LogP contribution < -0.4 is 71.8 Å². The van der Waals surface area contributed by atoms with Crippen LogP contribution in [0.3, 0.4) is 0 Å². The summed E-state index contributed by atoms with van der Waals surface area (Å²) >= 11 is 19.2. The van der Waals surface area contributed by atoms with Gasteiger partial charge in [0.05, 0.1) is 84.2 Å². The predicted molar refractivity (Wildman–Crippen MR) is 482 cm³/mol. The van der Waals surface area contributed by atoms with Gasteiger partial charge in [-0.3, -0.25) is 14.6 Å². The lowest BCUT2D eigenvalue weighted by molar-refractivity contribution is -0.134. The molecule has 0 bridgehead atoms. The Morgan fingerprint density at radius 2 is 0.932 bits per heavy atom. The molecule has 0 radical (unpaired) electrons. The second kappa shape index (κ2) is 38.3. The summed E-state index contributed by atoms with van der Waals surface area (Å²) in [4.78, 5) is 53.6. The Labute approximate surface area is 707 Å². The number of benzene rings is 6. The minimum Gasteiger partial charge on any atom is -0.495 e. The van der Waals surface area contributed by atoms with Crippen molar-refractivity contribution in [1.29, 1.82) is 0 Å². The molecule has 5 aliphatic heterocycles. The first kappa shape index (κ1) is 87.0. The van der Waals surface area contributed by atoms with Crippen molar-refractivity contribution in [3.8, 4) is 17.2 Å². The Morgan fingerprint density at radius 1 is 0.492 bits per heavy atom. The Kier molecular flexibility index (Phi) is 28.3. The Hall–Kier alpha value is -8.78. The number of ether oxygens (including phenoxy) is 3. The molecule has 1 amide bonds. The largest absolute Gasteiger partial charge is 0.495 e. The topological polar surface area (TPSA) is 299 Å². The molecule has 6 aromatic carbocycles. The molecule has 27 nitrogen and oxygen atoms in total. The van der Waals surface area contributed by atoms with Crippen molar-refractivity contribution in [3.05, 3.63) is 161 Å². The fourth-order valence-electron chi connectivity index (χ4n) is 15.4. The van der Waals surface area contributed by atoms with Crippen molar-refractivity contribution < 1.29 is 41.1 Å². The van der Waals surface area contributed by atoms with Gasteiger partial charge in [0.25, 0.3) is 0 Å². The number of methoxy groups -OCH3 is 3. The molecule has 628 valence electrons. The van der Waals surface area contributed by atoms with Crippen LogP contribution in [-0.4, -0.2) is 227 Å². The van der Waals surface area contributed by atoms with Crippen molar-refractivity contribution in [3.63, 3.8) is 0 Å². The van der Waals surface area contributed by atoms with Crippen LogP contribution in [0, 0.1) is 5.92 Å². The zero-order valence-electron chi connectivity index (χ0n) is 68.4. The highest BCUT2D eigenvalue weighted by Crippen LogP contribution is 2.48. The molecule has 5 saturated heterocycles. The molecule has 1 saturated carbocycles. The van der Waals surface area contributed by atoms with E-state index in [1.54, 1.807) is 92.3 Å². The van der Waals surface area contributed by atoms with Gasteiger partial charge in [0, 0.05) is 142 Å². The molecule has 1 atom stereocenters. The molecule has 8 heterocycles. The van der Waals surface area contributed by atoms with Crippen LogP contribution in [-0.2, 0) is 28.3 Å². The molecule has 9 aromatic rings. The summed E-state index contributed by atoms with van der Waals surface area (Å²) in [6, 6.07) is 40.6. The zero-order chi connectivity index (χ0) is 83.6. The molecule has 34 heteroatoms. The number of piperidine rings is 2. The van der Waals surface area contributed by atoms with Gasteiger partial charge in [-0.25, -0.2) is 23.4 Å². The Morgan fingerprint density at radius 3 is 1.42 bits per heavy atom. The van der Waals surface area contributed by atoms with Crippen LogP contribution in [0.5, 0.6) is 17.2 Å². The maximum absolute atomic E-state index is 13.5. The second-order valence-corrected chi connectivity index (χ2v) is 44.8. The molecule has 3 aromatic heterocycles. The highest BCUT2D eigenvalue weighted by Gasteiger charge is 2.37. The number of piperazine rings is 2. The van der Waals surface area contributed by atoms with Crippen molar-refractivity contribution in [2.45, 2.75) is 81.0 Å². The van der Waals surface area contributed by atoms with Crippen LogP contribution in [0.25, 0.3) is 0 Å². The molecule has 0 spiro atoms. The van der Waals surface area contributed by atoms with E-state index in [0.29, 0.717) is 104 Å². The monoisotopic (exact) mass is 1740 g/mol. The summed E-state index contributed by atoms with van der Waals surface area (Å²) in [6.45, 7) is 21.9. The maximum Gasteiger partial charge on any atom is 0.229 e. The summed E-state index contributed by atoms with van der Waals surface area (Å²) < 4.78 is 81.8. The van der Waals surface area contributed by atoms with E-state index >= 15 is 0 Å². The lowest BCUT2D eigenvalue weighted by Crippen LogP contribution is -2.54. The number of halogens is 3. The third-order valence-electron chi connectivity index (χ3n) is 22.3. The van der Waals surface area contributed by atoms with Crippen LogP contribution in [0.4, 0.5) is 80.8 Å². The molecule has 6 N–H and O–H groups in total. The first-order valence-electron chi connectivity index (χ1n) is 39.9. The van der Waals surface area contributed by atoms with E-state index in [9.17, 15) is 26.9 Å². The smallest absolute Gasteiger partial charge is 0.229 e. The SMILES string of the molecule is COc1cc(N2CCC(N3CCN(C(=O)C4CC4)CC3)CC2)ccc1Nc1ncc(Cl)c(Nc2ccccc2P(C)(C)=O)n1.COc1cc(N2CCN3CCCCC3C2)ccc1Nc1ncc(Cl)c(Nc2ccccc2P(C)(C)=O)n1.COc1cc(P2(=O)CCN(C)CC2)ccc1Nc1ncc(Cl)c(Nc2ccccc2S(=O)(=O)C(C)C)n1. The Balaban J connectivity index is 0.000000154. The van der Waals surface area contributed by atoms with Crippen LogP contribution in [0.15, 0.2) is 151 Å². The minimum absolute atomic E-state index is 0.162. The number of nitrogens with zero attached hydrogens (tertiary/aromatic N) is 12. The standard InChI is InChI=1S/C32H41ClN7O3P.C27H34ClN6O2P.C25H31ClN5O4PS/c1-43-28-20-24(38-14-12-23(13-15-38)39-16-18-40(19-17-39)31(41)22-8-9-22)10-11-26(28)36-32-34-21-25(33)30(37-32)35-27-6-4-5-7-29(27)44(2,3)42;1-36-24-16-19(34-15-14-33-13-7-6-8-20(33)18-34)11-12-22(24)31-27-29-17-21(28)26(32-27)30-23-9-4-5-10-25(23)37(2,3)35;1-17(2)37(33,34)23-8-6-5-7-21(23)28-24-19(26)16-27-25(30-24)29-20-10-9-18(15-22(20)35-4)36(32)13-11-31(3)12-14-36/h4-7,10-11,20-23H,8-9,12-19H2,1-3H3,(H2,34,35,36,37);4-5,9-12,16-17,20H,6-8,13-15,18H2,1-3H3,(H2,29,30,31,32);5-10,15-17H,11-14H2,1-4H3,(H2,27,28,29,30). The maximum atomic E-state index is 13.5. The first-order valence-corrected chi connectivity index (χ1v) is 49.9. The number of fused-ring (bicyclic) bond motifs is 1. The number of rotatable bonds is 24. The molecule has 118 heavy (non-hydrogen) atoms. The van der Waals surface area contributed by atoms with E-state index in [2.05, 4.69) is 115 Å². The van der Waals surface area contributed by atoms with Gasteiger partial charge in [-0.05, 0) is 171 Å². The van der Waals surface area contributed by atoms with Gasteiger partial charge in [0.15, 0.2) is 27.3 Å². The van der Waals surface area contributed by atoms with E-state index in [-0.39, 0.29) is 21.7 Å².